The predicted molar refractivity (Wildman–Crippen MR) is 79.1 cm³/mol. The van der Waals surface area contributed by atoms with Crippen LogP contribution in [-0.4, -0.2) is 24.6 Å². The molecule has 2 N–H and O–H groups in total. The summed E-state index contributed by atoms with van der Waals surface area (Å²) in [5.41, 5.74) is 5.78. The summed E-state index contributed by atoms with van der Waals surface area (Å²) >= 11 is 0. The summed E-state index contributed by atoms with van der Waals surface area (Å²) in [6.45, 7) is 4.36. The van der Waals surface area contributed by atoms with Crippen molar-refractivity contribution in [3.63, 3.8) is 0 Å². The highest BCUT2D eigenvalue weighted by Crippen LogP contribution is 2.22. The van der Waals surface area contributed by atoms with Gasteiger partial charge >= 0.3 is 0 Å². The maximum atomic E-state index is 12.0. The van der Waals surface area contributed by atoms with E-state index in [4.69, 9.17) is 4.74 Å². The molecule has 0 fully saturated rings. The highest BCUT2D eigenvalue weighted by atomic mass is 16.5. The van der Waals surface area contributed by atoms with Gasteiger partial charge in [-0.1, -0.05) is 6.07 Å². The molecule has 6 heteroatoms. The predicted octanol–water partition coefficient (Wildman–Crippen LogP) is 1.19. The summed E-state index contributed by atoms with van der Waals surface area (Å²) in [7, 11) is 1.64. The fraction of sp³-hybridized carbons (Fsp3) is 0.400. The Labute approximate surface area is 123 Å². The lowest BCUT2D eigenvalue weighted by molar-refractivity contribution is -0.121. The molecule has 0 spiro atoms. The van der Waals surface area contributed by atoms with Crippen LogP contribution in [-0.2, 0) is 16.1 Å². The zero-order valence-electron chi connectivity index (χ0n) is 12.4. The van der Waals surface area contributed by atoms with E-state index in [9.17, 15) is 9.59 Å². The molecule has 1 aliphatic rings. The molecule has 0 bridgehead atoms. The summed E-state index contributed by atoms with van der Waals surface area (Å²) in [5, 5.41) is 6.60. The minimum Gasteiger partial charge on any atom is -0.496 e. The van der Waals surface area contributed by atoms with E-state index in [-0.39, 0.29) is 11.8 Å². The van der Waals surface area contributed by atoms with Gasteiger partial charge < -0.3 is 10.1 Å². The monoisotopic (exact) mass is 289 g/mol. The van der Waals surface area contributed by atoms with Crippen molar-refractivity contribution in [1.29, 1.82) is 0 Å². The summed E-state index contributed by atoms with van der Waals surface area (Å²) in [6.07, 6.45) is 0.672. The molecule has 0 atom stereocenters. The van der Waals surface area contributed by atoms with E-state index >= 15 is 0 Å². The molecule has 1 aliphatic heterocycles. The molecule has 0 aliphatic carbocycles. The van der Waals surface area contributed by atoms with E-state index < -0.39 is 0 Å². The summed E-state index contributed by atoms with van der Waals surface area (Å²) in [5.74, 6) is 0.429. The third kappa shape index (κ3) is 3.59. The van der Waals surface area contributed by atoms with Crippen molar-refractivity contribution in [2.45, 2.75) is 33.2 Å². The Morgan fingerprint density at radius 1 is 1.33 bits per heavy atom. The number of hydrogen-bond acceptors (Lipinski definition) is 4. The van der Waals surface area contributed by atoms with Crippen molar-refractivity contribution in [2.75, 3.05) is 7.11 Å². The topological polar surface area (TPSA) is 79.8 Å². The Bertz CT molecular complexity index is 608. The van der Waals surface area contributed by atoms with Gasteiger partial charge in [0.2, 0.25) is 5.91 Å². The van der Waals surface area contributed by atoms with Crippen LogP contribution in [0, 0.1) is 13.8 Å². The molecule has 0 saturated carbocycles. The Morgan fingerprint density at radius 2 is 2.10 bits per heavy atom. The molecular weight excluding hydrogens is 270 g/mol. The minimum atomic E-state index is -0.247. The number of ether oxygens (including phenoxy) is 1. The third-order valence-corrected chi connectivity index (χ3v) is 3.46. The lowest BCUT2D eigenvalue weighted by atomic mass is 10.0. The van der Waals surface area contributed by atoms with Gasteiger partial charge in [-0.25, -0.2) is 5.43 Å². The van der Waals surface area contributed by atoms with E-state index in [0.717, 1.165) is 22.4 Å². The smallest absolute Gasteiger partial charge is 0.267 e. The van der Waals surface area contributed by atoms with Gasteiger partial charge in [0.15, 0.2) is 0 Å². The van der Waals surface area contributed by atoms with Gasteiger partial charge in [-0.05, 0) is 36.6 Å². The normalized spacial score (nSPS) is 14.2. The minimum absolute atomic E-state index is 0.159. The maximum Gasteiger partial charge on any atom is 0.267 e. The van der Waals surface area contributed by atoms with Crippen LogP contribution in [0.4, 0.5) is 0 Å². The molecule has 1 aromatic rings. The Morgan fingerprint density at radius 3 is 2.71 bits per heavy atom. The van der Waals surface area contributed by atoms with E-state index in [1.165, 1.54) is 0 Å². The van der Waals surface area contributed by atoms with Gasteiger partial charge in [0.05, 0.1) is 7.11 Å². The van der Waals surface area contributed by atoms with E-state index in [2.05, 4.69) is 15.8 Å². The zero-order chi connectivity index (χ0) is 15.4. The highest BCUT2D eigenvalue weighted by Gasteiger charge is 2.18. The number of nitrogens with zero attached hydrogens (tertiary/aromatic N) is 1. The average molecular weight is 289 g/mol. The molecule has 6 nitrogen and oxygen atoms in total. The summed E-state index contributed by atoms with van der Waals surface area (Å²) < 4.78 is 5.26. The molecule has 0 aromatic heterocycles. The number of nitrogens with one attached hydrogen (secondary N) is 2. The van der Waals surface area contributed by atoms with Gasteiger partial charge in [-0.3, -0.25) is 9.59 Å². The zero-order valence-corrected chi connectivity index (χ0v) is 12.4. The van der Waals surface area contributed by atoms with E-state index in [0.29, 0.717) is 25.1 Å². The van der Waals surface area contributed by atoms with Crippen LogP contribution in [0.1, 0.15) is 29.5 Å². The molecule has 1 heterocycles. The first-order chi connectivity index (χ1) is 10.0. The van der Waals surface area contributed by atoms with Gasteiger partial charge in [0.25, 0.3) is 5.91 Å². The quantitative estimate of drug-likeness (QED) is 0.874. The Kier molecular flexibility index (Phi) is 4.57. The SMILES string of the molecule is COc1cc(C)c(CNC(=O)C2=NNC(=O)CC2)cc1C. The third-order valence-electron chi connectivity index (χ3n) is 3.46. The van der Waals surface area contributed by atoms with Crippen LogP contribution in [0.3, 0.4) is 0 Å². The van der Waals surface area contributed by atoms with Crippen molar-refractivity contribution < 1.29 is 14.3 Å². The number of hydrazone groups is 1. The van der Waals surface area contributed by atoms with Crippen molar-refractivity contribution in [2.24, 2.45) is 5.10 Å². The fourth-order valence-corrected chi connectivity index (χ4v) is 2.18. The van der Waals surface area contributed by atoms with Gasteiger partial charge in [-0.2, -0.15) is 5.10 Å². The number of methoxy groups -OCH3 is 1. The van der Waals surface area contributed by atoms with E-state index in [1.807, 2.05) is 26.0 Å². The van der Waals surface area contributed by atoms with Crippen molar-refractivity contribution in [1.82, 2.24) is 10.7 Å². The number of amides is 2. The van der Waals surface area contributed by atoms with E-state index in [1.54, 1.807) is 7.11 Å². The number of hydrogen-bond donors (Lipinski definition) is 2. The van der Waals surface area contributed by atoms with Crippen LogP contribution >= 0.6 is 0 Å². The van der Waals surface area contributed by atoms with Crippen molar-refractivity contribution in [3.8, 4) is 5.75 Å². The molecule has 1 aromatic carbocycles. The lowest BCUT2D eigenvalue weighted by Gasteiger charge is -2.14. The Hall–Kier alpha value is -2.37. The summed E-state index contributed by atoms with van der Waals surface area (Å²) in [4.78, 5) is 23.0. The molecule has 0 unspecified atom stereocenters. The van der Waals surface area contributed by atoms with Crippen LogP contribution in [0.2, 0.25) is 0 Å². The molecular formula is C15H19N3O3. The number of rotatable bonds is 4. The molecule has 112 valence electrons. The van der Waals surface area contributed by atoms with Crippen LogP contribution in [0.25, 0.3) is 0 Å². The first-order valence-electron chi connectivity index (χ1n) is 6.79. The number of aryl methyl sites for hydroxylation is 2. The molecule has 21 heavy (non-hydrogen) atoms. The highest BCUT2D eigenvalue weighted by molar-refractivity contribution is 6.39. The number of carbonyl (C=O) groups excluding carboxylic acids is 2. The standard InChI is InChI=1S/C15H19N3O3/c1-9-7-13(21-3)10(2)6-11(9)8-16-15(20)12-4-5-14(19)18-17-12/h6-7H,4-5,8H2,1-3H3,(H,16,20)(H,18,19). The molecule has 2 amide bonds. The van der Waals surface area contributed by atoms with Crippen molar-refractivity contribution >= 4 is 17.5 Å². The summed E-state index contributed by atoms with van der Waals surface area (Å²) in [6, 6.07) is 3.95. The lowest BCUT2D eigenvalue weighted by Crippen LogP contribution is -2.36. The van der Waals surface area contributed by atoms with Gasteiger partial charge in [-0.15, -0.1) is 0 Å². The first kappa shape index (κ1) is 15.0. The second kappa shape index (κ2) is 6.39. The number of benzene rings is 1. The second-order valence-electron chi connectivity index (χ2n) is 5.02. The van der Waals surface area contributed by atoms with Crippen LogP contribution in [0.15, 0.2) is 17.2 Å². The number of carbonyl (C=O) groups is 2. The van der Waals surface area contributed by atoms with Gasteiger partial charge in [0, 0.05) is 19.4 Å². The first-order valence-corrected chi connectivity index (χ1v) is 6.79. The maximum absolute atomic E-state index is 12.0. The fourth-order valence-electron chi connectivity index (χ4n) is 2.18. The largest absolute Gasteiger partial charge is 0.496 e. The van der Waals surface area contributed by atoms with Crippen LogP contribution < -0.4 is 15.5 Å². The second-order valence-corrected chi connectivity index (χ2v) is 5.02. The molecule has 0 saturated heterocycles. The van der Waals surface area contributed by atoms with Gasteiger partial charge in [0.1, 0.15) is 11.5 Å². The van der Waals surface area contributed by atoms with Crippen LogP contribution in [0.5, 0.6) is 5.75 Å². The average Bonchev–Trinajstić information content (AvgIpc) is 2.48. The Balaban J connectivity index is 2.01. The van der Waals surface area contributed by atoms with Crippen molar-refractivity contribution in [3.05, 3.63) is 28.8 Å². The molecule has 0 radical (unpaired) electrons. The molecule has 2 rings (SSSR count).